The van der Waals surface area contributed by atoms with Crippen LogP contribution in [0.4, 0.5) is 0 Å². The van der Waals surface area contributed by atoms with Gasteiger partial charge in [0.25, 0.3) is 0 Å². The number of hydrogen-bond acceptors (Lipinski definition) is 3. The number of aliphatic imine (C=N–C) groups is 1. The highest BCUT2D eigenvalue weighted by Crippen LogP contribution is 2.00. The molecule has 1 aromatic carbocycles. The van der Waals surface area contributed by atoms with Crippen LogP contribution in [0.3, 0.4) is 0 Å². The van der Waals surface area contributed by atoms with Crippen molar-refractivity contribution in [1.29, 1.82) is 0 Å². The third-order valence-corrected chi connectivity index (χ3v) is 3.05. The Kier molecular flexibility index (Phi) is 4.55. The van der Waals surface area contributed by atoms with Gasteiger partial charge in [0.05, 0.1) is 6.54 Å². The van der Waals surface area contributed by atoms with Gasteiger partial charge in [-0.2, -0.15) is 0 Å². The number of benzene rings is 1. The number of hydrogen-bond donors (Lipinski definition) is 2. The summed E-state index contributed by atoms with van der Waals surface area (Å²) in [6.07, 6.45) is 0. The highest BCUT2D eigenvalue weighted by atomic mass is 15.6. The summed E-state index contributed by atoms with van der Waals surface area (Å²) in [6.45, 7) is 4.67. The fraction of sp³-hybridized carbons (Fsp3) is 0.462. The lowest BCUT2D eigenvalue weighted by molar-refractivity contribution is 0.130. The van der Waals surface area contributed by atoms with Crippen molar-refractivity contribution in [3.05, 3.63) is 35.9 Å². The first-order chi connectivity index (χ1) is 8.74. The third kappa shape index (κ3) is 4.01. The highest BCUT2D eigenvalue weighted by molar-refractivity contribution is 5.77. The number of nitrogens with two attached hydrogens (primary N) is 1. The molecule has 2 rings (SSSR count). The van der Waals surface area contributed by atoms with E-state index in [0.29, 0.717) is 12.5 Å². The van der Waals surface area contributed by atoms with Crippen LogP contribution < -0.4 is 11.2 Å². The van der Waals surface area contributed by atoms with E-state index in [1.807, 2.05) is 30.3 Å². The van der Waals surface area contributed by atoms with Gasteiger partial charge in [0.2, 0.25) is 5.96 Å². The summed E-state index contributed by atoms with van der Waals surface area (Å²) < 4.78 is 0. The van der Waals surface area contributed by atoms with E-state index in [4.69, 9.17) is 5.73 Å². The maximum absolute atomic E-state index is 5.87. The molecule has 5 heteroatoms. The fourth-order valence-corrected chi connectivity index (χ4v) is 1.88. The van der Waals surface area contributed by atoms with Gasteiger partial charge in [0.1, 0.15) is 0 Å². The maximum atomic E-state index is 5.87. The van der Waals surface area contributed by atoms with Crippen molar-refractivity contribution in [2.24, 2.45) is 10.7 Å². The van der Waals surface area contributed by atoms with E-state index in [0.717, 1.165) is 26.2 Å². The van der Waals surface area contributed by atoms with Crippen LogP contribution in [-0.4, -0.2) is 49.1 Å². The summed E-state index contributed by atoms with van der Waals surface area (Å²) in [5.74, 6) is 0.489. The minimum absolute atomic E-state index is 0.489. The molecule has 0 amide bonds. The predicted molar refractivity (Wildman–Crippen MR) is 74.0 cm³/mol. The van der Waals surface area contributed by atoms with Gasteiger partial charge < -0.3 is 10.6 Å². The Bertz CT molecular complexity index is 382. The Labute approximate surface area is 108 Å². The largest absolute Gasteiger partial charge is 0.369 e. The molecule has 3 N–H and O–H groups in total. The molecule has 1 aromatic rings. The van der Waals surface area contributed by atoms with E-state index in [-0.39, 0.29) is 0 Å². The molecule has 1 aliphatic heterocycles. The summed E-state index contributed by atoms with van der Waals surface area (Å²) in [4.78, 5) is 6.64. The summed E-state index contributed by atoms with van der Waals surface area (Å²) in [5.41, 5.74) is 10.2. The average molecular weight is 247 g/mol. The molecule has 98 valence electrons. The van der Waals surface area contributed by atoms with Crippen molar-refractivity contribution in [1.82, 2.24) is 15.3 Å². The Hall–Kier alpha value is -1.59. The standard InChI is InChI=1S/C13H21N5/c1-17-7-9-18(10-8-17)16-13(14)15-11-12-5-3-2-4-6-12/h2-6H,7-11H2,1H3,(H3,14,15,16). The molecule has 0 aromatic heterocycles. The quantitative estimate of drug-likeness (QED) is 0.594. The molecule has 0 spiro atoms. The number of rotatable bonds is 3. The fourth-order valence-electron chi connectivity index (χ4n) is 1.88. The van der Waals surface area contributed by atoms with Crippen LogP contribution in [-0.2, 0) is 6.54 Å². The van der Waals surface area contributed by atoms with Crippen LogP contribution in [0.25, 0.3) is 0 Å². The molecule has 1 heterocycles. The molecule has 0 aliphatic carbocycles. The Morgan fingerprint density at radius 1 is 1.22 bits per heavy atom. The average Bonchev–Trinajstić information content (AvgIpc) is 2.40. The molecule has 0 bridgehead atoms. The van der Waals surface area contributed by atoms with Crippen molar-refractivity contribution < 1.29 is 0 Å². The number of likely N-dealkylation sites (N-methyl/N-ethyl adjacent to an activating group) is 1. The zero-order valence-corrected chi connectivity index (χ0v) is 10.8. The Balaban J connectivity index is 1.79. The summed E-state index contributed by atoms with van der Waals surface area (Å²) in [7, 11) is 2.13. The van der Waals surface area contributed by atoms with E-state index >= 15 is 0 Å². The van der Waals surface area contributed by atoms with Crippen molar-refractivity contribution >= 4 is 5.96 Å². The Morgan fingerprint density at radius 2 is 1.89 bits per heavy atom. The van der Waals surface area contributed by atoms with Gasteiger partial charge in [0, 0.05) is 26.2 Å². The Morgan fingerprint density at radius 3 is 2.56 bits per heavy atom. The van der Waals surface area contributed by atoms with Crippen molar-refractivity contribution in [2.75, 3.05) is 33.2 Å². The molecule has 0 unspecified atom stereocenters. The first kappa shape index (κ1) is 12.9. The molecule has 0 saturated carbocycles. The predicted octanol–water partition coefficient (Wildman–Crippen LogP) is 0.253. The molecule has 5 nitrogen and oxygen atoms in total. The van der Waals surface area contributed by atoms with Gasteiger partial charge in [-0.05, 0) is 12.6 Å². The lowest BCUT2D eigenvalue weighted by atomic mass is 10.2. The van der Waals surface area contributed by atoms with Gasteiger partial charge in [-0.1, -0.05) is 30.3 Å². The van der Waals surface area contributed by atoms with E-state index in [1.54, 1.807) is 0 Å². The summed E-state index contributed by atoms with van der Waals surface area (Å²) >= 11 is 0. The second kappa shape index (κ2) is 6.37. The molecular weight excluding hydrogens is 226 g/mol. The molecule has 1 saturated heterocycles. The van der Waals surface area contributed by atoms with Crippen LogP contribution in [0.15, 0.2) is 35.3 Å². The molecule has 1 aliphatic rings. The molecular formula is C13H21N5. The zero-order valence-electron chi connectivity index (χ0n) is 10.8. The number of nitrogens with zero attached hydrogens (tertiary/aromatic N) is 3. The minimum Gasteiger partial charge on any atom is -0.369 e. The van der Waals surface area contributed by atoms with Gasteiger partial charge in [-0.3, -0.25) is 5.43 Å². The molecule has 18 heavy (non-hydrogen) atoms. The van der Waals surface area contributed by atoms with Crippen molar-refractivity contribution in [2.45, 2.75) is 6.54 Å². The highest BCUT2D eigenvalue weighted by Gasteiger charge is 2.13. The van der Waals surface area contributed by atoms with Gasteiger partial charge in [-0.15, -0.1) is 0 Å². The van der Waals surface area contributed by atoms with Gasteiger partial charge in [-0.25, -0.2) is 10.0 Å². The maximum Gasteiger partial charge on any atom is 0.203 e. The summed E-state index contributed by atoms with van der Waals surface area (Å²) in [5, 5.41) is 2.11. The topological polar surface area (TPSA) is 56.9 Å². The van der Waals surface area contributed by atoms with Crippen LogP contribution in [0, 0.1) is 0 Å². The smallest absolute Gasteiger partial charge is 0.203 e. The normalized spacial score (nSPS) is 18.8. The van der Waals surface area contributed by atoms with E-state index in [9.17, 15) is 0 Å². The van der Waals surface area contributed by atoms with Crippen LogP contribution in [0.2, 0.25) is 0 Å². The second-order valence-electron chi connectivity index (χ2n) is 4.59. The van der Waals surface area contributed by atoms with E-state index in [1.165, 1.54) is 5.56 Å². The number of nitrogens with one attached hydrogen (secondary N) is 1. The molecule has 1 fully saturated rings. The third-order valence-electron chi connectivity index (χ3n) is 3.05. The van der Waals surface area contributed by atoms with E-state index < -0.39 is 0 Å². The van der Waals surface area contributed by atoms with Crippen LogP contribution >= 0.6 is 0 Å². The van der Waals surface area contributed by atoms with E-state index in [2.05, 4.69) is 27.4 Å². The molecule has 0 radical (unpaired) electrons. The first-order valence-corrected chi connectivity index (χ1v) is 6.28. The van der Waals surface area contributed by atoms with Gasteiger partial charge in [0.15, 0.2) is 0 Å². The van der Waals surface area contributed by atoms with Crippen LogP contribution in [0.5, 0.6) is 0 Å². The summed E-state index contributed by atoms with van der Waals surface area (Å²) in [6, 6.07) is 10.1. The SMILES string of the molecule is CN1CCN(NC(N)=NCc2ccccc2)CC1. The van der Waals surface area contributed by atoms with Gasteiger partial charge >= 0.3 is 0 Å². The lowest BCUT2D eigenvalue weighted by Gasteiger charge is -2.32. The second-order valence-corrected chi connectivity index (χ2v) is 4.59. The number of guanidine groups is 1. The zero-order chi connectivity index (χ0) is 12.8. The number of piperazine rings is 1. The minimum atomic E-state index is 0.489. The molecule has 0 atom stereocenters. The lowest BCUT2D eigenvalue weighted by Crippen LogP contribution is -2.54. The number of hydrazine groups is 1. The van der Waals surface area contributed by atoms with Crippen molar-refractivity contribution in [3.63, 3.8) is 0 Å². The van der Waals surface area contributed by atoms with Crippen LogP contribution in [0.1, 0.15) is 5.56 Å². The first-order valence-electron chi connectivity index (χ1n) is 6.28. The monoisotopic (exact) mass is 247 g/mol. The van der Waals surface area contributed by atoms with Crippen molar-refractivity contribution in [3.8, 4) is 0 Å².